The van der Waals surface area contributed by atoms with E-state index in [9.17, 15) is 8.42 Å². The Balaban J connectivity index is 1.92. The van der Waals surface area contributed by atoms with Crippen LogP contribution < -0.4 is 10.1 Å². The van der Waals surface area contributed by atoms with Crippen molar-refractivity contribution in [2.45, 2.75) is 23.5 Å². The van der Waals surface area contributed by atoms with E-state index >= 15 is 0 Å². The predicted octanol–water partition coefficient (Wildman–Crippen LogP) is 0.796. The fourth-order valence-corrected chi connectivity index (χ4v) is 4.74. The van der Waals surface area contributed by atoms with Crippen LogP contribution in [0.1, 0.15) is 12.8 Å². The Morgan fingerprint density at radius 1 is 1.24 bits per heavy atom. The zero-order valence-electron chi connectivity index (χ0n) is 12.0. The number of hydrogen-bond acceptors (Lipinski definition) is 5. The Morgan fingerprint density at radius 2 is 1.90 bits per heavy atom. The number of sulfonamides is 1. The first kappa shape index (κ1) is 14.8. The van der Waals surface area contributed by atoms with Gasteiger partial charge in [0.15, 0.2) is 0 Å². The van der Waals surface area contributed by atoms with Gasteiger partial charge in [0.05, 0.1) is 18.6 Å². The zero-order chi connectivity index (χ0) is 14.9. The average Bonchev–Trinajstić information content (AvgIpc) is 2.92. The highest BCUT2D eigenvalue weighted by Gasteiger charge is 2.49. The predicted molar refractivity (Wildman–Crippen MR) is 77.7 cm³/mol. The highest BCUT2D eigenvalue weighted by molar-refractivity contribution is 7.89. The number of rotatable bonds is 3. The largest absolute Gasteiger partial charge is 0.497 e. The number of nitrogens with zero attached hydrogens (tertiary/aromatic N) is 1. The number of piperidine rings is 1. The second-order valence-electron chi connectivity index (χ2n) is 5.30. The van der Waals surface area contributed by atoms with Crippen molar-refractivity contribution in [1.82, 2.24) is 9.62 Å². The molecule has 0 radical (unpaired) electrons. The zero-order valence-corrected chi connectivity index (χ0v) is 12.9. The van der Waals surface area contributed by atoms with Crippen LogP contribution >= 0.6 is 0 Å². The fourth-order valence-electron chi connectivity index (χ4n) is 3.02. The minimum Gasteiger partial charge on any atom is -0.497 e. The number of benzene rings is 1. The van der Waals surface area contributed by atoms with Crippen LogP contribution in [0.25, 0.3) is 0 Å². The Hall–Kier alpha value is -1.15. The third-order valence-electron chi connectivity index (χ3n) is 4.15. The molecule has 0 aromatic heterocycles. The molecule has 0 amide bonds. The van der Waals surface area contributed by atoms with Gasteiger partial charge in [-0.05, 0) is 37.4 Å². The third kappa shape index (κ3) is 2.55. The molecule has 2 aliphatic heterocycles. The molecule has 0 unspecified atom stereocenters. The lowest BCUT2D eigenvalue weighted by Gasteiger charge is -2.39. The molecular weight excluding hydrogens is 292 g/mol. The monoisotopic (exact) mass is 312 g/mol. The number of ether oxygens (including phenoxy) is 2. The molecule has 21 heavy (non-hydrogen) atoms. The summed E-state index contributed by atoms with van der Waals surface area (Å²) in [4.78, 5) is 0.284. The van der Waals surface area contributed by atoms with E-state index < -0.39 is 15.7 Å². The maximum Gasteiger partial charge on any atom is 0.245 e. The Kier molecular flexibility index (Phi) is 3.92. The molecule has 116 valence electrons. The van der Waals surface area contributed by atoms with Gasteiger partial charge in [0, 0.05) is 19.4 Å². The quantitative estimate of drug-likeness (QED) is 0.894. The van der Waals surface area contributed by atoms with Gasteiger partial charge in [-0.2, -0.15) is 4.31 Å². The van der Waals surface area contributed by atoms with Crippen molar-refractivity contribution in [3.8, 4) is 5.75 Å². The summed E-state index contributed by atoms with van der Waals surface area (Å²) in [5.74, 6) is 0.642. The van der Waals surface area contributed by atoms with E-state index in [1.807, 2.05) is 0 Å². The lowest BCUT2D eigenvalue weighted by molar-refractivity contribution is -0.0704. The van der Waals surface area contributed by atoms with Crippen LogP contribution in [0, 0.1) is 0 Å². The normalized spacial score (nSPS) is 22.5. The van der Waals surface area contributed by atoms with E-state index in [1.165, 1.54) is 4.31 Å². The van der Waals surface area contributed by atoms with E-state index in [0.717, 1.165) is 13.1 Å². The Bertz CT molecular complexity index is 594. The maximum atomic E-state index is 12.9. The van der Waals surface area contributed by atoms with Gasteiger partial charge in [0.25, 0.3) is 0 Å². The van der Waals surface area contributed by atoms with Crippen molar-refractivity contribution < 1.29 is 17.9 Å². The van der Waals surface area contributed by atoms with Crippen molar-refractivity contribution in [3.05, 3.63) is 24.3 Å². The molecule has 2 aliphatic rings. The van der Waals surface area contributed by atoms with Crippen molar-refractivity contribution in [2.24, 2.45) is 0 Å². The summed E-state index contributed by atoms with van der Waals surface area (Å²) in [5.41, 5.74) is -0.677. The standard InChI is InChI=1S/C14H20N2O4S/c1-19-12-2-4-13(5-3-12)21(17,18)16-10-11-20-14(16)6-8-15-9-7-14/h2-5,15H,6-11H2,1H3. The molecule has 2 heterocycles. The molecular formula is C14H20N2O4S. The van der Waals surface area contributed by atoms with Gasteiger partial charge >= 0.3 is 0 Å². The third-order valence-corrected chi connectivity index (χ3v) is 6.12. The molecule has 2 saturated heterocycles. The smallest absolute Gasteiger partial charge is 0.245 e. The summed E-state index contributed by atoms with van der Waals surface area (Å²) in [6.07, 6.45) is 1.37. The summed E-state index contributed by atoms with van der Waals surface area (Å²) in [5, 5.41) is 3.24. The Morgan fingerprint density at radius 3 is 2.52 bits per heavy atom. The number of nitrogens with one attached hydrogen (secondary N) is 1. The van der Waals surface area contributed by atoms with Crippen LogP contribution in [0.4, 0.5) is 0 Å². The molecule has 1 aromatic rings. The Labute approximate surface area is 125 Å². The van der Waals surface area contributed by atoms with Crippen LogP contribution in [0.3, 0.4) is 0 Å². The van der Waals surface area contributed by atoms with E-state index in [2.05, 4.69) is 5.32 Å². The molecule has 3 rings (SSSR count). The van der Waals surface area contributed by atoms with Crippen molar-refractivity contribution in [2.75, 3.05) is 33.4 Å². The number of methoxy groups -OCH3 is 1. The van der Waals surface area contributed by atoms with Crippen LogP contribution in [0.5, 0.6) is 5.75 Å². The van der Waals surface area contributed by atoms with Gasteiger partial charge in [-0.1, -0.05) is 0 Å². The molecule has 0 saturated carbocycles. The molecule has 7 heteroatoms. The van der Waals surface area contributed by atoms with E-state index in [1.54, 1.807) is 31.4 Å². The first-order valence-electron chi connectivity index (χ1n) is 7.10. The summed E-state index contributed by atoms with van der Waals surface area (Å²) in [6.45, 7) is 2.41. The second kappa shape index (κ2) is 5.57. The van der Waals surface area contributed by atoms with Gasteiger partial charge in [-0.3, -0.25) is 0 Å². The molecule has 6 nitrogen and oxygen atoms in total. The van der Waals surface area contributed by atoms with Crippen molar-refractivity contribution >= 4 is 10.0 Å². The molecule has 1 spiro atoms. The van der Waals surface area contributed by atoms with Gasteiger partial charge in [-0.25, -0.2) is 8.42 Å². The van der Waals surface area contributed by atoms with Gasteiger partial charge in [0.2, 0.25) is 10.0 Å². The van der Waals surface area contributed by atoms with Crippen LogP contribution in [0.2, 0.25) is 0 Å². The lowest BCUT2D eigenvalue weighted by Crippen LogP contribution is -2.53. The molecule has 0 aliphatic carbocycles. The highest BCUT2D eigenvalue weighted by Crippen LogP contribution is 2.36. The lowest BCUT2D eigenvalue weighted by atomic mass is 10.0. The molecule has 1 N–H and O–H groups in total. The molecule has 2 fully saturated rings. The minimum atomic E-state index is -3.55. The maximum absolute atomic E-state index is 12.9. The topological polar surface area (TPSA) is 67.9 Å². The second-order valence-corrected chi connectivity index (χ2v) is 7.16. The highest BCUT2D eigenvalue weighted by atomic mass is 32.2. The molecule has 1 aromatic carbocycles. The van der Waals surface area contributed by atoms with Crippen LogP contribution in [-0.2, 0) is 14.8 Å². The van der Waals surface area contributed by atoms with Crippen LogP contribution in [-0.4, -0.2) is 51.8 Å². The summed E-state index contributed by atoms with van der Waals surface area (Å²) < 4.78 is 38.2. The summed E-state index contributed by atoms with van der Waals surface area (Å²) in [6, 6.07) is 6.50. The average molecular weight is 312 g/mol. The first-order valence-corrected chi connectivity index (χ1v) is 8.54. The van der Waals surface area contributed by atoms with E-state index in [4.69, 9.17) is 9.47 Å². The van der Waals surface area contributed by atoms with E-state index in [-0.39, 0.29) is 4.90 Å². The van der Waals surface area contributed by atoms with Gasteiger partial charge in [-0.15, -0.1) is 0 Å². The summed E-state index contributed by atoms with van der Waals surface area (Å²) >= 11 is 0. The summed E-state index contributed by atoms with van der Waals surface area (Å²) in [7, 11) is -1.99. The number of hydrogen-bond donors (Lipinski definition) is 1. The molecule has 0 bridgehead atoms. The van der Waals surface area contributed by atoms with Crippen LogP contribution in [0.15, 0.2) is 29.2 Å². The first-order chi connectivity index (χ1) is 10.1. The SMILES string of the molecule is COc1ccc(S(=O)(=O)N2CCOC23CCNCC3)cc1. The van der Waals surface area contributed by atoms with Crippen molar-refractivity contribution in [3.63, 3.8) is 0 Å². The van der Waals surface area contributed by atoms with E-state index in [0.29, 0.717) is 31.7 Å². The minimum absolute atomic E-state index is 0.284. The van der Waals surface area contributed by atoms with Gasteiger partial charge in [0.1, 0.15) is 11.5 Å². The molecule has 0 atom stereocenters. The van der Waals surface area contributed by atoms with Gasteiger partial charge < -0.3 is 14.8 Å². The van der Waals surface area contributed by atoms with Crippen molar-refractivity contribution in [1.29, 1.82) is 0 Å². The fraction of sp³-hybridized carbons (Fsp3) is 0.571.